The second-order valence-electron chi connectivity index (χ2n) is 10.7. The van der Waals surface area contributed by atoms with Gasteiger partial charge in [-0.2, -0.15) is 0 Å². The zero-order chi connectivity index (χ0) is 28.1. The van der Waals surface area contributed by atoms with E-state index in [1.165, 1.54) is 16.2 Å². The van der Waals surface area contributed by atoms with E-state index in [0.29, 0.717) is 0 Å². The zero-order valence-corrected chi connectivity index (χ0v) is 23.7. The second-order valence-corrected chi connectivity index (χ2v) is 13.4. The van der Waals surface area contributed by atoms with E-state index in [-0.39, 0.29) is 0 Å². The number of fused-ring (bicyclic) bond motifs is 6. The molecule has 198 valence electrons. The quantitative estimate of drug-likeness (QED) is 0.123. The van der Waals surface area contributed by atoms with Crippen LogP contribution in [-0.4, -0.2) is 4.98 Å². The number of hydrogen-bond acceptors (Lipinski definition) is 2. The number of rotatable bonds is 4. The standard InChI is InChI=1S/C39H26NOP/c41-42(30-13-3-1-4-14-30,31-15-5-2-6-16-31)32-23-19-29(20-24-32)37-35-25-21-28-12-8-10-18-34(28)39(35)40-36-26-22-27-11-7-9-17-33(27)38(36)37/h1-26H. The summed E-state index contributed by atoms with van der Waals surface area (Å²) in [4.78, 5) is 5.23. The lowest BCUT2D eigenvalue weighted by Crippen LogP contribution is -2.24. The molecule has 0 unspecified atom stereocenters. The average Bonchev–Trinajstić information content (AvgIpc) is 3.07. The normalized spacial score (nSPS) is 11.9. The summed E-state index contributed by atoms with van der Waals surface area (Å²) >= 11 is 0. The van der Waals surface area contributed by atoms with Crippen molar-refractivity contribution in [2.75, 3.05) is 0 Å². The maximum Gasteiger partial charge on any atom is 0.171 e. The molecule has 8 aromatic rings. The molecule has 0 amide bonds. The van der Waals surface area contributed by atoms with Crippen molar-refractivity contribution >= 4 is 66.4 Å². The molecule has 0 aliphatic rings. The first kappa shape index (κ1) is 24.7. The smallest absolute Gasteiger partial charge is 0.171 e. The summed E-state index contributed by atoms with van der Waals surface area (Å²) in [6.07, 6.45) is 0. The van der Waals surface area contributed by atoms with Crippen LogP contribution in [-0.2, 0) is 4.57 Å². The molecule has 0 saturated heterocycles. The number of hydrogen-bond donors (Lipinski definition) is 0. The Balaban J connectivity index is 1.42. The van der Waals surface area contributed by atoms with Gasteiger partial charge in [0.25, 0.3) is 0 Å². The van der Waals surface area contributed by atoms with E-state index in [9.17, 15) is 0 Å². The highest BCUT2D eigenvalue weighted by molar-refractivity contribution is 7.85. The Kier molecular flexibility index (Phi) is 5.77. The van der Waals surface area contributed by atoms with E-state index in [1.54, 1.807) is 0 Å². The number of pyridine rings is 1. The molecule has 0 spiro atoms. The minimum absolute atomic E-state index is 0.821. The predicted molar refractivity (Wildman–Crippen MR) is 179 cm³/mol. The third-order valence-corrected chi connectivity index (χ3v) is 11.4. The molecule has 8 rings (SSSR count). The molecule has 0 fully saturated rings. The fourth-order valence-electron chi connectivity index (χ4n) is 6.31. The van der Waals surface area contributed by atoms with Crippen LogP contribution in [0.2, 0.25) is 0 Å². The molecule has 0 N–H and O–H groups in total. The van der Waals surface area contributed by atoms with Gasteiger partial charge in [-0.15, -0.1) is 0 Å². The van der Waals surface area contributed by atoms with E-state index >= 15 is 4.57 Å². The molecule has 0 bridgehead atoms. The van der Waals surface area contributed by atoms with Gasteiger partial charge in [-0.25, -0.2) is 4.98 Å². The first-order valence-corrected chi connectivity index (χ1v) is 15.9. The SMILES string of the molecule is O=P(c1ccccc1)(c1ccccc1)c1ccc(-c2c3ccc4ccccc4c3nc3ccc4ccccc4c23)cc1. The zero-order valence-electron chi connectivity index (χ0n) is 22.8. The fourth-order valence-corrected chi connectivity index (χ4v) is 8.96. The van der Waals surface area contributed by atoms with E-state index in [0.717, 1.165) is 54.2 Å². The van der Waals surface area contributed by atoms with Crippen molar-refractivity contribution in [3.63, 3.8) is 0 Å². The van der Waals surface area contributed by atoms with Gasteiger partial charge in [-0.05, 0) is 27.8 Å². The Labute approximate surface area is 244 Å². The third-order valence-electron chi connectivity index (χ3n) is 8.32. The summed E-state index contributed by atoms with van der Waals surface area (Å²) < 4.78 is 15.0. The van der Waals surface area contributed by atoms with Crippen molar-refractivity contribution in [1.29, 1.82) is 0 Å². The van der Waals surface area contributed by atoms with Crippen molar-refractivity contribution in [1.82, 2.24) is 4.98 Å². The summed E-state index contributed by atoms with van der Waals surface area (Å²) in [5.41, 5.74) is 4.19. The van der Waals surface area contributed by atoms with Gasteiger partial charge in [0.2, 0.25) is 0 Å². The van der Waals surface area contributed by atoms with Crippen molar-refractivity contribution in [2.24, 2.45) is 0 Å². The van der Waals surface area contributed by atoms with Crippen LogP contribution in [0, 0.1) is 0 Å². The lowest BCUT2D eigenvalue weighted by Gasteiger charge is -2.21. The van der Waals surface area contributed by atoms with E-state index in [4.69, 9.17) is 4.98 Å². The van der Waals surface area contributed by atoms with Crippen molar-refractivity contribution in [2.45, 2.75) is 0 Å². The van der Waals surface area contributed by atoms with Crippen LogP contribution in [0.1, 0.15) is 0 Å². The molecule has 0 saturated carbocycles. The van der Waals surface area contributed by atoms with Crippen LogP contribution in [0.4, 0.5) is 0 Å². The van der Waals surface area contributed by atoms with Gasteiger partial charge < -0.3 is 4.57 Å². The van der Waals surface area contributed by atoms with Gasteiger partial charge in [0, 0.05) is 37.6 Å². The first-order chi connectivity index (χ1) is 20.7. The van der Waals surface area contributed by atoms with Crippen molar-refractivity contribution in [3.05, 3.63) is 158 Å². The van der Waals surface area contributed by atoms with Crippen LogP contribution in [0.3, 0.4) is 0 Å². The Morgan fingerprint density at radius 2 is 0.952 bits per heavy atom. The molecule has 3 heteroatoms. The number of benzene rings is 7. The molecule has 2 nitrogen and oxygen atoms in total. The highest BCUT2D eigenvalue weighted by Gasteiger charge is 2.29. The lowest BCUT2D eigenvalue weighted by molar-refractivity contribution is 0.592. The van der Waals surface area contributed by atoms with Gasteiger partial charge in [0.05, 0.1) is 11.0 Å². The van der Waals surface area contributed by atoms with Crippen LogP contribution in [0.15, 0.2) is 158 Å². The molecular weight excluding hydrogens is 529 g/mol. The van der Waals surface area contributed by atoms with Gasteiger partial charge in [-0.1, -0.05) is 152 Å². The Morgan fingerprint density at radius 3 is 1.62 bits per heavy atom. The Morgan fingerprint density at radius 1 is 0.429 bits per heavy atom. The minimum Gasteiger partial charge on any atom is -0.309 e. The molecule has 0 aliphatic carbocycles. The second kappa shape index (κ2) is 9.80. The Hall–Kier alpha value is -5.04. The molecular formula is C39H26NOP. The molecule has 1 heterocycles. The fraction of sp³-hybridized carbons (Fsp3) is 0. The van der Waals surface area contributed by atoms with Crippen LogP contribution >= 0.6 is 7.14 Å². The predicted octanol–water partition coefficient (Wildman–Crippen LogP) is 9.00. The van der Waals surface area contributed by atoms with Gasteiger partial charge >= 0.3 is 0 Å². The highest BCUT2D eigenvalue weighted by atomic mass is 31.2. The largest absolute Gasteiger partial charge is 0.309 e. The lowest BCUT2D eigenvalue weighted by atomic mass is 9.91. The third kappa shape index (κ3) is 3.80. The van der Waals surface area contributed by atoms with E-state index < -0.39 is 7.14 Å². The molecule has 0 atom stereocenters. The van der Waals surface area contributed by atoms with Gasteiger partial charge in [0.15, 0.2) is 7.14 Å². The molecule has 0 aliphatic heterocycles. The average molecular weight is 556 g/mol. The highest BCUT2D eigenvalue weighted by Crippen LogP contribution is 2.44. The van der Waals surface area contributed by atoms with E-state index in [2.05, 4.69) is 97.1 Å². The van der Waals surface area contributed by atoms with Gasteiger partial charge in [0.1, 0.15) is 0 Å². The summed E-state index contributed by atoms with van der Waals surface area (Å²) in [6, 6.07) is 53.7. The first-order valence-electron chi connectivity index (χ1n) is 14.2. The van der Waals surface area contributed by atoms with Crippen LogP contribution in [0.5, 0.6) is 0 Å². The maximum absolute atomic E-state index is 15.0. The number of nitrogens with zero attached hydrogens (tertiary/aromatic N) is 1. The summed E-state index contributed by atoms with van der Waals surface area (Å²) in [5, 5.41) is 9.41. The maximum atomic E-state index is 15.0. The van der Waals surface area contributed by atoms with Crippen molar-refractivity contribution < 1.29 is 4.57 Å². The van der Waals surface area contributed by atoms with Crippen molar-refractivity contribution in [3.8, 4) is 11.1 Å². The summed E-state index contributed by atoms with van der Waals surface area (Å²) in [6.45, 7) is 0. The summed E-state index contributed by atoms with van der Waals surface area (Å²) in [5.74, 6) is 0. The Bertz CT molecular complexity index is 2270. The number of aromatic nitrogens is 1. The summed E-state index contributed by atoms with van der Waals surface area (Å²) in [7, 11) is -3.07. The van der Waals surface area contributed by atoms with E-state index in [1.807, 2.05) is 60.7 Å². The monoisotopic (exact) mass is 555 g/mol. The molecule has 42 heavy (non-hydrogen) atoms. The molecule has 0 radical (unpaired) electrons. The van der Waals surface area contributed by atoms with Gasteiger partial charge in [-0.3, -0.25) is 0 Å². The molecule has 1 aromatic heterocycles. The van der Waals surface area contributed by atoms with Crippen LogP contribution in [0.25, 0.3) is 54.5 Å². The topological polar surface area (TPSA) is 30.0 Å². The van der Waals surface area contributed by atoms with Crippen LogP contribution < -0.4 is 15.9 Å². The minimum atomic E-state index is -3.07. The molecule has 7 aromatic carbocycles.